The Kier molecular flexibility index (Phi) is 5.87. The molecule has 106 valence electrons. The molecule has 19 heavy (non-hydrogen) atoms. The van der Waals surface area contributed by atoms with E-state index in [1.807, 2.05) is 31.3 Å². The number of hydrogen-bond acceptors (Lipinski definition) is 2. The van der Waals surface area contributed by atoms with Gasteiger partial charge in [-0.15, -0.1) is 0 Å². The van der Waals surface area contributed by atoms with Gasteiger partial charge in [-0.1, -0.05) is 26.0 Å². The van der Waals surface area contributed by atoms with Gasteiger partial charge in [-0.2, -0.15) is 0 Å². The monoisotopic (exact) mass is 262 g/mol. The van der Waals surface area contributed by atoms with Gasteiger partial charge < -0.3 is 10.2 Å². The Labute approximate surface area is 117 Å². The summed E-state index contributed by atoms with van der Waals surface area (Å²) in [5.74, 6) is 0.698. The topological polar surface area (TPSA) is 32.3 Å². The summed E-state index contributed by atoms with van der Waals surface area (Å²) in [4.78, 5) is 14.3. The lowest BCUT2D eigenvalue weighted by Crippen LogP contribution is -2.29. The molecule has 0 fully saturated rings. The van der Waals surface area contributed by atoms with Gasteiger partial charge >= 0.3 is 0 Å². The molecule has 0 saturated heterocycles. The summed E-state index contributed by atoms with van der Waals surface area (Å²) in [6.45, 7) is 9.29. The lowest BCUT2D eigenvalue weighted by molar-refractivity contribution is 0.0790. The van der Waals surface area contributed by atoms with E-state index in [9.17, 15) is 4.79 Å². The number of hydrogen-bond donors (Lipinski definition) is 1. The number of nitrogens with zero attached hydrogens (tertiary/aromatic N) is 1. The van der Waals surface area contributed by atoms with Crippen LogP contribution in [-0.4, -0.2) is 30.4 Å². The molecule has 3 heteroatoms. The van der Waals surface area contributed by atoms with Crippen molar-refractivity contribution in [2.75, 3.05) is 18.9 Å². The lowest BCUT2D eigenvalue weighted by Gasteiger charge is -2.21. The first-order chi connectivity index (χ1) is 8.91. The molecule has 0 aliphatic rings. The van der Waals surface area contributed by atoms with Crippen molar-refractivity contribution in [3.05, 3.63) is 29.8 Å². The van der Waals surface area contributed by atoms with Crippen molar-refractivity contribution in [3.63, 3.8) is 0 Å². The van der Waals surface area contributed by atoms with Gasteiger partial charge in [0.15, 0.2) is 0 Å². The van der Waals surface area contributed by atoms with Crippen LogP contribution in [0.1, 0.15) is 44.5 Å². The van der Waals surface area contributed by atoms with Crippen molar-refractivity contribution < 1.29 is 4.79 Å². The van der Waals surface area contributed by atoms with Crippen molar-refractivity contribution in [1.29, 1.82) is 0 Å². The number of anilines is 1. The fourth-order valence-corrected chi connectivity index (χ4v) is 1.87. The second-order valence-electron chi connectivity index (χ2n) is 5.75. The van der Waals surface area contributed by atoms with Gasteiger partial charge in [-0.3, -0.25) is 4.79 Å². The van der Waals surface area contributed by atoms with Crippen molar-refractivity contribution in [2.24, 2.45) is 5.92 Å². The summed E-state index contributed by atoms with van der Waals surface area (Å²) in [7, 11) is 1.87. The smallest absolute Gasteiger partial charge is 0.255 e. The molecule has 0 bridgehead atoms. The van der Waals surface area contributed by atoms with Crippen molar-refractivity contribution in [3.8, 4) is 0 Å². The molecule has 1 aromatic carbocycles. The van der Waals surface area contributed by atoms with Gasteiger partial charge in [0.1, 0.15) is 0 Å². The summed E-state index contributed by atoms with van der Waals surface area (Å²) < 4.78 is 0. The minimum absolute atomic E-state index is 0.0874. The first-order valence-corrected chi connectivity index (χ1v) is 7.02. The maximum atomic E-state index is 12.4. The van der Waals surface area contributed by atoms with E-state index in [-0.39, 0.29) is 5.91 Å². The molecule has 0 unspecified atom stereocenters. The molecule has 0 heterocycles. The molecule has 0 saturated carbocycles. The summed E-state index contributed by atoms with van der Waals surface area (Å²) in [6.07, 6.45) is 1.03. The minimum Gasteiger partial charge on any atom is -0.382 e. The Hall–Kier alpha value is -1.51. The first kappa shape index (κ1) is 15.5. The van der Waals surface area contributed by atoms with Crippen LogP contribution in [0.4, 0.5) is 5.69 Å². The van der Waals surface area contributed by atoms with Gasteiger partial charge in [0.2, 0.25) is 0 Å². The first-order valence-electron chi connectivity index (χ1n) is 7.02. The fraction of sp³-hybridized carbons (Fsp3) is 0.562. The SMILES string of the molecule is CC(C)CCN(C)C(=O)c1ccccc1NC(C)C. The average molecular weight is 262 g/mol. The van der Waals surface area contributed by atoms with Gasteiger partial charge in [0, 0.05) is 25.3 Å². The second kappa shape index (κ2) is 7.17. The number of para-hydroxylation sites is 1. The van der Waals surface area contributed by atoms with Crippen molar-refractivity contribution in [1.82, 2.24) is 4.90 Å². The average Bonchev–Trinajstić information content (AvgIpc) is 2.35. The summed E-state index contributed by atoms with van der Waals surface area (Å²) in [6, 6.07) is 8.03. The predicted molar refractivity (Wildman–Crippen MR) is 81.6 cm³/mol. The largest absolute Gasteiger partial charge is 0.382 e. The van der Waals surface area contributed by atoms with E-state index >= 15 is 0 Å². The molecular formula is C16H26N2O. The number of nitrogens with one attached hydrogen (secondary N) is 1. The fourth-order valence-electron chi connectivity index (χ4n) is 1.87. The van der Waals surface area contributed by atoms with Crippen LogP contribution in [-0.2, 0) is 0 Å². The van der Waals surface area contributed by atoms with Crippen LogP contribution in [0.5, 0.6) is 0 Å². The van der Waals surface area contributed by atoms with E-state index in [1.54, 1.807) is 4.90 Å². The number of amides is 1. The minimum atomic E-state index is 0.0874. The van der Waals surface area contributed by atoms with Crippen LogP contribution < -0.4 is 5.32 Å². The normalized spacial score (nSPS) is 10.9. The molecule has 1 amide bonds. The third-order valence-electron chi connectivity index (χ3n) is 2.99. The molecule has 0 spiro atoms. The highest BCUT2D eigenvalue weighted by Crippen LogP contribution is 2.18. The molecule has 1 aromatic rings. The maximum Gasteiger partial charge on any atom is 0.255 e. The maximum absolute atomic E-state index is 12.4. The number of benzene rings is 1. The summed E-state index contributed by atoms with van der Waals surface area (Å²) in [5, 5.41) is 3.33. The van der Waals surface area contributed by atoms with E-state index in [0.29, 0.717) is 12.0 Å². The van der Waals surface area contributed by atoms with Crippen LogP contribution in [0.25, 0.3) is 0 Å². The van der Waals surface area contributed by atoms with E-state index in [0.717, 1.165) is 24.2 Å². The Morgan fingerprint density at radius 3 is 2.42 bits per heavy atom. The molecule has 0 radical (unpaired) electrons. The highest BCUT2D eigenvalue weighted by molar-refractivity contribution is 5.99. The predicted octanol–water partition coefficient (Wildman–Crippen LogP) is 3.63. The molecule has 0 atom stereocenters. The molecule has 1 rings (SSSR count). The highest BCUT2D eigenvalue weighted by atomic mass is 16.2. The molecule has 0 aliphatic heterocycles. The van der Waals surface area contributed by atoms with Crippen LogP contribution in [0.3, 0.4) is 0 Å². The van der Waals surface area contributed by atoms with Gasteiger partial charge in [-0.25, -0.2) is 0 Å². The Bertz CT molecular complexity index is 413. The zero-order valence-corrected chi connectivity index (χ0v) is 12.7. The summed E-state index contributed by atoms with van der Waals surface area (Å²) >= 11 is 0. The van der Waals surface area contributed by atoms with Crippen molar-refractivity contribution >= 4 is 11.6 Å². The Morgan fingerprint density at radius 1 is 1.21 bits per heavy atom. The summed E-state index contributed by atoms with van der Waals surface area (Å²) in [5.41, 5.74) is 1.67. The van der Waals surface area contributed by atoms with E-state index < -0.39 is 0 Å². The lowest BCUT2D eigenvalue weighted by atomic mass is 10.1. The van der Waals surface area contributed by atoms with Gasteiger partial charge in [0.25, 0.3) is 5.91 Å². The number of carbonyl (C=O) groups is 1. The molecule has 0 aliphatic carbocycles. The molecule has 1 N–H and O–H groups in total. The zero-order valence-electron chi connectivity index (χ0n) is 12.7. The van der Waals surface area contributed by atoms with E-state index in [4.69, 9.17) is 0 Å². The van der Waals surface area contributed by atoms with Crippen molar-refractivity contribution in [2.45, 2.75) is 40.2 Å². The Morgan fingerprint density at radius 2 is 1.84 bits per heavy atom. The van der Waals surface area contributed by atoms with Gasteiger partial charge in [0.05, 0.1) is 5.56 Å². The van der Waals surface area contributed by atoms with Crippen LogP contribution >= 0.6 is 0 Å². The van der Waals surface area contributed by atoms with Crippen LogP contribution in [0.2, 0.25) is 0 Å². The quantitative estimate of drug-likeness (QED) is 0.849. The Balaban J connectivity index is 2.80. The van der Waals surface area contributed by atoms with Crippen LogP contribution in [0.15, 0.2) is 24.3 Å². The molecular weight excluding hydrogens is 236 g/mol. The van der Waals surface area contributed by atoms with E-state index in [1.165, 1.54) is 0 Å². The third kappa shape index (κ3) is 4.93. The second-order valence-corrected chi connectivity index (χ2v) is 5.75. The molecule has 0 aromatic heterocycles. The van der Waals surface area contributed by atoms with Crippen LogP contribution in [0, 0.1) is 5.92 Å². The van der Waals surface area contributed by atoms with E-state index in [2.05, 4.69) is 33.0 Å². The zero-order chi connectivity index (χ0) is 14.4. The highest BCUT2D eigenvalue weighted by Gasteiger charge is 2.15. The standard InChI is InChI=1S/C16H26N2O/c1-12(2)10-11-18(5)16(19)14-8-6-7-9-15(14)17-13(3)4/h6-9,12-13,17H,10-11H2,1-5H3. The molecule has 3 nitrogen and oxygen atoms in total. The number of carbonyl (C=O) groups excluding carboxylic acids is 1. The van der Waals surface area contributed by atoms with Gasteiger partial charge in [-0.05, 0) is 38.3 Å². The number of rotatable bonds is 6. The third-order valence-corrected chi connectivity index (χ3v) is 2.99.